The Morgan fingerprint density at radius 3 is 2.74 bits per heavy atom. The number of carbonyl (C=O) groups is 1. The van der Waals surface area contributed by atoms with E-state index in [0.717, 1.165) is 48.6 Å². The van der Waals surface area contributed by atoms with Crippen molar-refractivity contribution >= 4 is 28.5 Å². The Balaban J connectivity index is 1.55. The molecule has 0 unspecified atom stereocenters. The van der Waals surface area contributed by atoms with E-state index in [4.69, 9.17) is 9.47 Å². The number of fused-ring (bicyclic) bond motifs is 1. The monoisotopic (exact) mass is 366 g/mol. The number of nitrogens with zero attached hydrogens (tertiary/aromatic N) is 3. The molecule has 7 heteroatoms. The van der Waals surface area contributed by atoms with E-state index in [2.05, 4.69) is 39.1 Å². The molecule has 0 atom stereocenters. The number of anilines is 2. The number of ether oxygens (including phenoxy) is 2. The molecule has 1 fully saturated rings. The molecular formula is C20H22N4O3. The van der Waals surface area contributed by atoms with Gasteiger partial charge in [0.2, 0.25) is 0 Å². The fraction of sp³-hybridized carbons (Fsp3) is 0.300. The normalized spacial score (nSPS) is 14.3. The van der Waals surface area contributed by atoms with Crippen LogP contribution in [0.5, 0.6) is 0 Å². The van der Waals surface area contributed by atoms with Gasteiger partial charge in [0, 0.05) is 24.5 Å². The van der Waals surface area contributed by atoms with Gasteiger partial charge in [-0.2, -0.15) is 0 Å². The van der Waals surface area contributed by atoms with Crippen molar-refractivity contribution in [2.24, 2.45) is 0 Å². The van der Waals surface area contributed by atoms with E-state index in [1.54, 1.807) is 11.2 Å². The molecule has 1 aliphatic heterocycles. The number of aromatic nitrogens is 2. The molecule has 1 aromatic heterocycles. The molecule has 1 aliphatic rings. The van der Waals surface area contributed by atoms with Crippen molar-refractivity contribution in [3.05, 3.63) is 54.4 Å². The predicted octanol–water partition coefficient (Wildman–Crippen LogP) is 3.17. The Morgan fingerprint density at radius 1 is 1.22 bits per heavy atom. The molecule has 0 radical (unpaired) electrons. The summed E-state index contributed by atoms with van der Waals surface area (Å²) in [7, 11) is 1.39. The smallest absolute Gasteiger partial charge is 0.414 e. The maximum Gasteiger partial charge on any atom is 0.414 e. The highest BCUT2D eigenvalue weighted by Crippen LogP contribution is 2.24. The second kappa shape index (κ2) is 7.67. The second-order valence-corrected chi connectivity index (χ2v) is 6.43. The van der Waals surface area contributed by atoms with Crippen molar-refractivity contribution in [2.75, 3.05) is 43.2 Å². The van der Waals surface area contributed by atoms with Gasteiger partial charge >= 0.3 is 6.09 Å². The first-order valence-electron chi connectivity index (χ1n) is 8.95. The topological polar surface area (TPSA) is 70.7 Å². The van der Waals surface area contributed by atoms with Crippen LogP contribution < -0.4 is 9.80 Å². The van der Waals surface area contributed by atoms with Crippen LogP contribution in [0.4, 0.5) is 16.2 Å². The molecule has 0 saturated carbocycles. The number of methoxy groups -OCH3 is 1. The summed E-state index contributed by atoms with van der Waals surface area (Å²) in [6.07, 6.45) is 1.24. The molecule has 0 spiro atoms. The number of nitrogens with one attached hydrogen (secondary N) is 1. The van der Waals surface area contributed by atoms with E-state index < -0.39 is 6.09 Å². The number of benzene rings is 2. The molecule has 0 aliphatic carbocycles. The van der Waals surface area contributed by atoms with E-state index >= 15 is 0 Å². The third-order valence-corrected chi connectivity index (χ3v) is 4.76. The molecule has 140 valence electrons. The van der Waals surface area contributed by atoms with Gasteiger partial charge in [-0.15, -0.1) is 0 Å². The Kier molecular flexibility index (Phi) is 4.93. The van der Waals surface area contributed by atoms with Crippen molar-refractivity contribution in [2.45, 2.75) is 6.54 Å². The quantitative estimate of drug-likeness (QED) is 0.768. The number of imidazole rings is 1. The number of aromatic amines is 1. The number of rotatable bonds is 4. The van der Waals surface area contributed by atoms with E-state index in [0.29, 0.717) is 6.54 Å². The minimum atomic E-state index is -0.397. The Morgan fingerprint density at radius 2 is 2.00 bits per heavy atom. The van der Waals surface area contributed by atoms with Crippen LogP contribution in [0.1, 0.15) is 5.56 Å². The maximum absolute atomic E-state index is 12.4. The van der Waals surface area contributed by atoms with Gasteiger partial charge < -0.3 is 19.4 Å². The average Bonchev–Trinajstić information content (AvgIpc) is 3.20. The minimum absolute atomic E-state index is 0.397. The number of amides is 1. The van der Waals surface area contributed by atoms with Crippen LogP contribution in [0.15, 0.2) is 48.8 Å². The first kappa shape index (κ1) is 17.4. The van der Waals surface area contributed by atoms with Crippen LogP contribution in [0.2, 0.25) is 0 Å². The van der Waals surface area contributed by atoms with Gasteiger partial charge in [-0.3, -0.25) is 4.90 Å². The van der Waals surface area contributed by atoms with Gasteiger partial charge in [0.15, 0.2) is 0 Å². The molecule has 0 bridgehead atoms. The molecule has 27 heavy (non-hydrogen) atoms. The SMILES string of the molecule is COC(=O)N(Cc1ccc(N2CCOCC2)cc1)c1ccc2nc[nH]c2c1. The predicted molar refractivity (Wildman–Crippen MR) is 104 cm³/mol. The zero-order valence-corrected chi connectivity index (χ0v) is 15.2. The zero-order chi connectivity index (χ0) is 18.6. The van der Waals surface area contributed by atoms with Gasteiger partial charge in [-0.25, -0.2) is 9.78 Å². The van der Waals surface area contributed by atoms with Crippen LogP contribution in [0, 0.1) is 0 Å². The third kappa shape index (κ3) is 3.73. The molecule has 1 saturated heterocycles. The fourth-order valence-electron chi connectivity index (χ4n) is 3.28. The Labute approximate surface area is 157 Å². The lowest BCUT2D eigenvalue weighted by molar-refractivity contribution is 0.122. The largest absolute Gasteiger partial charge is 0.452 e. The van der Waals surface area contributed by atoms with E-state index in [9.17, 15) is 4.79 Å². The molecule has 1 amide bonds. The summed E-state index contributed by atoms with van der Waals surface area (Å²) in [6.45, 7) is 3.74. The fourth-order valence-corrected chi connectivity index (χ4v) is 3.28. The van der Waals surface area contributed by atoms with Crippen molar-refractivity contribution in [1.29, 1.82) is 0 Å². The summed E-state index contributed by atoms with van der Waals surface area (Å²) in [6, 6.07) is 14.0. The van der Waals surface area contributed by atoms with Crippen molar-refractivity contribution < 1.29 is 14.3 Å². The summed E-state index contributed by atoms with van der Waals surface area (Å²) < 4.78 is 10.4. The van der Waals surface area contributed by atoms with Gasteiger partial charge in [-0.05, 0) is 35.9 Å². The second-order valence-electron chi connectivity index (χ2n) is 6.43. The lowest BCUT2D eigenvalue weighted by Crippen LogP contribution is -2.36. The summed E-state index contributed by atoms with van der Waals surface area (Å²) >= 11 is 0. The van der Waals surface area contributed by atoms with Crippen LogP contribution >= 0.6 is 0 Å². The zero-order valence-electron chi connectivity index (χ0n) is 15.2. The lowest BCUT2D eigenvalue weighted by atomic mass is 10.1. The van der Waals surface area contributed by atoms with Crippen LogP contribution in [-0.2, 0) is 16.0 Å². The average molecular weight is 366 g/mol. The van der Waals surface area contributed by atoms with Gasteiger partial charge in [0.05, 0.1) is 44.2 Å². The van der Waals surface area contributed by atoms with Gasteiger partial charge in [-0.1, -0.05) is 12.1 Å². The summed E-state index contributed by atoms with van der Waals surface area (Å²) in [5.74, 6) is 0. The van der Waals surface area contributed by atoms with Crippen LogP contribution in [0.3, 0.4) is 0 Å². The third-order valence-electron chi connectivity index (χ3n) is 4.76. The number of hydrogen-bond acceptors (Lipinski definition) is 5. The number of carbonyl (C=O) groups excluding carboxylic acids is 1. The van der Waals surface area contributed by atoms with Gasteiger partial charge in [0.25, 0.3) is 0 Å². The first-order valence-corrected chi connectivity index (χ1v) is 8.95. The Hall–Kier alpha value is -3.06. The lowest BCUT2D eigenvalue weighted by Gasteiger charge is -2.29. The molecule has 7 nitrogen and oxygen atoms in total. The number of morpholine rings is 1. The highest BCUT2D eigenvalue weighted by atomic mass is 16.5. The number of hydrogen-bond donors (Lipinski definition) is 1. The summed E-state index contributed by atoms with van der Waals surface area (Å²) in [5, 5.41) is 0. The minimum Gasteiger partial charge on any atom is -0.452 e. The highest BCUT2D eigenvalue weighted by Gasteiger charge is 2.18. The highest BCUT2D eigenvalue weighted by molar-refractivity contribution is 5.90. The molecule has 2 heterocycles. The van der Waals surface area contributed by atoms with Crippen molar-refractivity contribution in [3.8, 4) is 0 Å². The molecule has 1 N–H and O–H groups in total. The molecule has 3 aromatic rings. The Bertz CT molecular complexity index is 916. The van der Waals surface area contributed by atoms with E-state index in [-0.39, 0.29) is 0 Å². The van der Waals surface area contributed by atoms with E-state index in [1.807, 2.05) is 18.2 Å². The van der Waals surface area contributed by atoms with Crippen molar-refractivity contribution in [1.82, 2.24) is 9.97 Å². The summed E-state index contributed by atoms with van der Waals surface area (Å²) in [5.41, 5.74) is 4.70. The van der Waals surface area contributed by atoms with Crippen LogP contribution in [0.25, 0.3) is 11.0 Å². The van der Waals surface area contributed by atoms with Crippen LogP contribution in [-0.4, -0.2) is 49.5 Å². The number of H-pyrrole nitrogens is 1. The molecule has 4 rings (SSSR count). The molecule has 2 aromatic carbocycles. The standard InChI is InChI=1S/C20H22N4O3/c1-26-20(25)24(17-6-7-18-19(12-17)22-14-21-18)13-15-2-4-16(5-3-15)23-8-10-27-11-9-23/h2-7,12,14H,8-11,13H2,1H3,(H,21,22). The summed E-state index contributed by atoms with van der Waals surface area (Å²) in [4.78, 5) is 23.6. The van der Waals surface area contributed by atoms with Gasteiger partial charge in [0.1, 0.15) is 0 Å². The first-order chi connectivity index (χ1) is 13.2. The van der Waals surface area contributed by atoms with E-state index in [1.165, 1.54) is 12.8 Å². The van der Waals surface area contributed by atoms with Crippen molar-refractivity contribution in [3.63, 3.8) is 0 Å². The maximum atomic E-state index is 12.4. The molecular weight excluding hydrogens is 344 g/mol.